The van der Waals surface area contributed by atoms with Crippen molar-refractivity contribution >= 4 is 35.2 Å². The molecule has 8 heteroatoms. The highest BCUT2D eigenvalue weighted by molar-refractivity contribution is 7.62. The van der Waals surface area contributed by atoms with Gasteiger partial charge in [0.05, 0.1) is 35.5 Å². The van der Waals surface area contributed by atoms with E-state index in [1.165, 1.54) is 5.56 Å². The Morgan fingerprint density at radius 3 is 2.18 bits per heavy atom. The molecule has 7 nitrogen and oxygen atoms in total. The lowest BCUT2D eigenvalue weighted by molar-refractivity contribution is 0.230. The van der Waals surface area contributed by atoms with Crippen molar-refractivity contribution < 1.29 is 18.7 Å². The first-order valence-electron chi connectivity index (χ1n) is 13.1. The van der Waals surface area contributed by atoms with Gasteiger partial charge in [0.15, 0.2) is 5.88 Å². The molecule has 0 aliphatic heterocycles. The predicted molar refractivity (Wildman–Crippen MR) is 155 cm³/mol. The second-order valence-electron chi connectivity index (χ2n) is 8.87. The van der Waals surface area contributed by atoms with Crippen molar-refractivity contribution in [3.8, 4) is 5.88 Å². The highest BCUT2D eigenvalue weighted by Crippen LogP contribution is 2.47. The number of fused-ring (bicyclic) bond motifs is 1. The third kappa shape index (κ3) is 6.08. The Morgan fingerprint density at radius 2 is 1.58 bits per heavy atom. The normalized spacial score (nSPS) is 12.5. The second kappa shape index (κ2) is 12.5. The van der Waals surface area contributed by atoms with Crippen LogP contribution in [0.3, 0.4) is 0 Å². The summed E-state index contributed by atoms with van der Waals surface area (Å²) in [6, 6.07) is 23.2. The van der Waals surface area contributed by atoms with Gasteiger partial charge in [0, 0.05) is 23.0 Å². The first kappa shape index (κ1) is 27.8. The molecule has 1 heterocycles. The number of rotatable bonds is 12. The number of nitrogens with zero attached hydrogens (tertiary/aromatic N) is 2. The zero-order valence-corrected chi connectivity index (χ0v) is 23.4. The molecule has 0 aliphatic rings. The van der Waals surface area contributed by atoms with E-state index in [0.29, 0.717) is 27.5 Å². The van der Waals surface area contributed by atoms with Crippen LogP contribution in [-0.2, 0) is 20.2 Å². The summed E-state index contributed by atoms with van der Waals surface area (Å²) in [6.07, 6.45) is 0. The Hall–Kier alpha value is -3.22. The number of aromatic hydroxyl groups is 1. The van der Waals surface area contributed by atoms with Crippen LogP contribution >= 0.6 is 7.60 Å². The van der Waals surface area contributed by atoms with Crippen molar-refractivity contribution in [2.75, 3.05) is 26.3 Å². The van der Waals surface area contributed by atoms with Gasteiger partial charge in [-0.2, -0.15) is 0 Å². The van der Waals surface area contributed by atoms with Crippen molar-refractivity contribution in [1.29, 1.82) is 0 Å². The molecule has 200 valence electrons. The summed E-state index contributed by atoms with van der Waals surface area (Å²) in [6.45, 7) is 11.3. The van der Waals surface area contributed by atoms with Crippen molar-refractivity contribution in [2.45, 2.75) is 34.2 Å². The summed E-state index contributed by atoms with van der Waals surface area (Å²) >= 11 is 0. The van der Waals surface area contributed by atoms with Crippen LogP contribution in [0.4, 0.5) is 5.69 Å². The molecule has 2 N–H and O–H groups in total. The fourth-order valence-electron chi connectivity index (χ4n) is 4.47. The van der Waals surface area contributed by atoms with Crippen LogP contribution in [0.1, 0.15) is 44.4 Å². The molecule has 0 fully saturated rings. The summed E-state index contributed by atoms with van der Waals surface area (Å²) in [5, 5.41) is 12.2. The van der Waals surface area contributed by atoms with E-state index in [1.807, 2.05) is 42.5 Å². The minimum Gasteiger partial charge on any atom is -0.494 e. The van der Waals surface area contributed by atoms with Gasteiger partial charge in [0.25, 0.3) is 0 Å². The highest BCUT2D eigenvalue weighted by Gasteiger charge is 2.28. The molecule has 1 aromatic heterocycles. The number of hydrogen-bond donors (Lipinski definition) is 2. The van der Waals surface area contributed by atoms with Gasteiger partial charge in [0.1, 0.15) is 0 Å². The lowest BCUT2D eigenvalue weighted by atomic mass is 10.0. The molecule has 0 amide bonds. The van der Waals surface area contributed by atoms with E-state index >= 15 is 0 Å². The van der Waals surface area contributed by atoms with E-state index in [1.54, 1.807) is 32.0 Å². The van der Waals surface area contributed by atoms with Gasteiger partial charge in [-0.25, -0.2) is 4.99 Å². The molecule has 0 unspecified atom stereocenters. The third-order valence-corrected chi connectivity index (χ3v) is 8.55. The topological polar surface area (TPSA) is 87.1 Å². The second-order valence-corrected chi connectivity index (χ2v) is 10.9. The molecule has 4 aromatic rings. The van der Waals surface area contributed by atoms with Gasteiger partial charge < -0.3 is 19.1 Å². The van der Waals surface area contributed by atoms with Gasteiger partial charge in [-0.05, 0) is 62.8 Å². The summed E-state index contributed by atoms with van der Waals surface area (Å²) in [7, 11) is -3.52. The standard InChI is InChI=1S/C30H36N3O4P/c1-5-33(6-2)21-22-14-16-24(17-15-22)31-29(23-12-10-9-11-13-23)28-26-20-25(18-19-27(26)32-30(28)34)38(35,36-7-3)37-8-4/h9-20,32,34H,5-8,21H2,1-4H3. The smallest absolute Gasteiger partial charge is 0.361 e. The molecule has 4 rings (SSSR count). The molecular weight excluding hydrogens is 497 g/mol. The molecule has 0 saturated heterocycles. The molecule has 0 bridgehead atoms. The van der Waals surface area contributed by atoms with Crippen LogP contribution in [0.15, 0.2) is 77.8 Å². The number of hydrogen-bond acceptors (Lipinski definition) is 6. The largest absolute Gasteiger partial charge is 0.494 e. The molecule has 0 spiro atoms. The minimum atomic E-state index is -3.52. The number of aliphatic imine (C=N–C) groups is 1. The number of aromatic amines is 1. The first-order valence-corrected chi connectivity index (χ1v) is 14.7. The Bertz CT molecular complexity index is 1420. The van der Waals surface area contributed by atoms with Crippen molar-refractivity contribution in [3.05, 3.63) is 89.5 Å². The van der Waals surface area contributed by atoms with Gasteiger partial charge in [-0.1, -0.05) is 56.3 Å². The Labute approximate surface area is 224 Å². The first-order chi connectivity index (χ1) is 18.4. The van der Waals surface area contributed by atoms with Gasteiger partial charge in [-0.3, -0.25) is 9.46 Å². The number of nitrogens with one attached hydrogen (secondary N) is 1. The minimum absolute atomic E-state index is 0.0134. The number of aromatic nitrogens is 1. The fourth-order valence-corrected chi connectivity index (χ4v) is 6.07. The molecule has 0 atom stereocenters. The average molecular weight is 534 g/mol. The highest BCUT2D eigenvalue weighted by atomic mass is 31.2. The van der Waals surface area contributed by atoms with Crippen LogP contribution in [0.25, 0.3) is 10.9 Å². The molecule has 3 aromatic carbocycles. The van der Waals surface area contributed by atoms with Gasteiger partial charge >= 0.3 is 7.60 Å². The summed E-state index contributed by atoms with van der Waals surface area (Å²) in [5.74, 6) is -0.0134. The van der Waals surface area contributed by atoms with E-state index in [2.05, 4.69) is 35.9 Å². The summed E-state index contributed by atoms with van der Waals surface area (Å²) in [4.78, 5) is 10.4. The average Bonchev–Trinajstić information content (AvgIpc) is 3.26. The number of H-pyrrole nitrogens is 1. The van der Waals surface area contributed by atoms with Crippen LogP contribution < -0.4 is 5.30 Å². The zero-order valence-electron chi connectivity index (χ0n) is 22.5. The SMILES string of the molecule is CCOP(=O)(OCC)c1ccc2[nH]c(O)c(C(=Nc3ccc(CN(CC)CC)cc3)c3ccccc3)c2c1. The van der Waals surface area contributed by atoms with E-state index in [9.17, 15) is 9.67 Å². The zero-order chi connectivity index (χ0) is 27.1. The third-order valence-electron chi connectivity index (χ3n) is 6.44. The number of benzene rings is 3. The lowest BCUT2D eigenvalue weighted by Gasteiger charge is -2.18. The maximum absolute atomic E-state index is 13.5. The Balaban J connectivity index is 1.84. The Morgan fingerprint density at radius 1 is 0.921 bits per heavy atom. The van der Waals surface area contributed by atoms with E-state index in [0.717, 1.165) is 30.9 Å². The maximum atomic E-state index is 13.5. The Kier molecular flexibility index (Phi) is 9.18. The van der Waals surface area contributed by atoms with Crippen molar-refractivity contribution in [2.24, 2.45) is 4.99 Å². The summed E-state index contributed by atoms with van der Waals surface area (Å²) < 4.78 is 24.7. The molecule has 38 heavy (non-hydrogen) atoms. The van der Waals surface area contributed by atoms with Crippen molar-refractivity contribution in [3.63, 3.8) is 0 Å². The monoisotopic (exact) mass is 533 g/mol. The van der Waals surface area contributed by atoms with Crippen LogP contribution in [0, 0.1) is 0 Å². The molecule has 0 radical (unpaired) electrons. The lowest BCUT2D eigenvalue weighted by Crippen LogP contribution is -2.21. The van der Waals surface area contributed by atoms with Gasteiger partial charge in [0.2, 0.25) is 0 Å². The van der Waals surface area contributed by atoms with Crippen LogP contribution in [0.5, 0.6) is 5.88 Å². The molecular formula is C30H36N3O4P. The predicted octanol–water partition coefficient (Wildman–Crippen LogP) is 6.78. The molecule has 0 saturated carbocycles. The van der Waals surface area contributed by atoms with E-state index in [-0.39, 0.29) is 19.1 Å². The van der Waals surface area contributed by atoms with E-state index in [4.69, 9.17) is 14.0 Å². The van der Waals surface area contributed by atoms with Crippen LogP contribution in [0.2, 0.25) is 0 Å². The van der Waals surface area contributed by atoms with Crippen molar-refractivity contribution in [1.82, 2.24) is 9.88 Å². The maximum Gasteiger partial charge on any atom is 0.361 e. The van der Waals surface area contributed by atoms with Gasteiger partial charge in [-0.15, -0.1) is 0 Å². The summed E-state index contributed by atoms with van der Waals surface area (Å²) in [5.41, 5.74) is 4.66. The quantitative estimate of drug-likeness (QED) is 0.155. The fraction of sp³-hybridized carbons (Fsp3) is 0.300. The molecule has 0 aliphatic carbocycles. The van der Waals surface area contributed by atoms with Crippen LogP contribution in [-0.4, -0.2) is 47.0 Å². The van der Waals surface area contributed by atoms with E-state index < -0.39 is 7.60 Å².